The third kappa shape index (κ3) is 1.44. The van der Waals surface area contributed by atoms with E-state index in [-0.39, 0.29) is 5.63 Å². The van der Waals surface area contributed by atoms with Crippen LogP contribution in [0.15, 0.2) is 33.7 Å². The standard InChI is InChI=1S/C11H10O4/c1-13-9-4-3-8-7(10(9)14-2)5-6-15-11(8)12/h3-6H,1-2H3. The zero-order valence-corrected chi connectivity index (χ0v) is 8.44. The van der Waals surface area contributed by atoms with Crippen LogP contribution >= 0.6 is 0 Å². The van der Waals surface area contributed by atoms with Crippen LogP contribution in [-0.2, 0) is 0 Å². The lowest BCUT2D eigenvalue weighted by Crippen LogP contribution is -2.00. The zero-order valence-electron chi connectivity index (χ0n) is 8.44. The van der Waals surface area contributed by atoms with E-state index in [9.17, 15) is 4.79 Å². The van der Waals surface area contributed by atoms with Gasteiger partial charge in [-0.05, 0) is 18.2 Å². The molecule has 15 heavy (non-hydrogen) atoms. The molecule has 0 spiro atoms. The van der Waals surface area contributed by atoms with E-state index < -0.39 is 0 Å². The highest BCUT2D eigenvalue weighted by atomic mass is 16.5. The van der Waals surface area contributed by atoms with Gasteiger partial charge in [0.1, 0.15) is 0 Å². The van der Waals surface area contributed by atoms with Crippen LogP contribution in [0.2, 0.25) is 0 Å². The Bertz CT molecular complexity index is 542. The number of benzene rings is 1. The summed E-state index contributed by atoms with van der Waals surface area (Å²) < 4.78 is 15.1. The molecule has 0 radical (unpaired) electrons. The molecule has 0 aliphatic rings. The second-order valence-electron chi connectivity index (χ2n) is 2.97. The number of fused-ring (bicyclic) bond motifs is 1. The second kappa shape index (κ2) is 3.65. The minimum atomic E-state index is -0.381. The fraction of sp³-hybridized carbons (Fsp3) is 0.182. The van der Waals surface area contributed by atoms with Crippen molar-refractivity contribution in [3.8, 4) is 11.5 Å². The molecule has 0 N–H and O–H groups in total. The van der Waals surface area contributed by atoms with Gasteiger partial charge < -0.3 is 13.9 Å². The topological polar surface area (TPSA) is 48.7 Å². The van der Waals surface area contributed by atoms with Crippen LogP contribution in [-0.4, -0.2) is 14.2 Å². The van der Waals surface area contributed by atoms with Gasteiger partial charge in [0, 0.05) is 5.39 Å². The summed E-state index contributed by atoms with van der Waals surface area (Å²) >= 11 is 0. The van der Waals surface area contributed by atoms with Gasteiger partial charge in [-0.2, -0.15) is 0 Å². The molecule has 0 fully saturated rings. The smallest absolute Gasteiger partial charge is 0.343 e. The number of hydrogen-bond acceptors (Lipinski definition) is 4. The van der Waals surface area contributed by atoms with Crippen LogP contribution in [0.3, 0.4) is 0 Å². The first kappa shape index (κ1) is 9.58. The molecule has 0 saturated heterocycles. The first-order valence-corrected chi connectivity index (χ1v) is 4.40. The molecule has 0 aliphatic carbocycles. The van der Waals surface area contributed by atoms with Gasteiger partial charge in [-0.1, -0.05) is 0 Å². The lowest BCUT2D eigenvalue weighted by atomic mass is 10.1. The van der Waals surface area contributed by atoms with Crippen molar-refractivity contribution in [3.05, 3.63) is 34.9 Å². The molecule has 1 aromatic heterocycles. The van der Waals surface area contributed by atoms with Gasteiger partial charge in [-0.3, -0.25) is 0 Å². The predicted molar refractivity (Wildman–Crippen MR) is 55.6 cm³/mol. The molecule has 78 valence electrons. The van der Waals surface area contributed by atoms with E-state index in [2.05, 4.69) is 0 Å². The molecule has 4 nitrogen and oxygen atoms in total. The maximum atomic E-state index is 11.4. The quantitative estimate of drug-likeness (QED) is 0.751. The normalized spacial score (nSPS) is 10.3. The number of ether oxygens (including phenoxy) is 2. The SMILES string of the molecule is COc1ccc2c(=O)occc2c1OC. The van der Waals surface area contributed by atoms with Crippen molar-refractivity contribution >= 4 is 10.8 Å². The average Bonchev–Trinajstić information content (AvgIpc) is 2.28. The molecule has 2 rings (SSSR count). The molecule has 1 aromatic carbocycles. The van der Waals surface area contributed by atoms with Crippen molar-refractivity contribution < 1.29 is 13.9 Å². The third-order valence-corrected chi connectivity index (χ3v) is 2.21. The Balaban J connectivity index is 2.88. The molecular weight excluding hydrogens is 196 g/mol. The molecule has 0 atom stereocenters. The fourth-order valence-electron chi connectivity index (χ4n) is 1.52. The maximum Gasteiger partial charge on any atom is 0.343 e. The number of methoxy groups -OCH3 is 2. The highest BCUT2D eigenvalue weighted by molar-refractivity contribution is 5.89. The summed E-state index contributed by atoms with van der Waals surface area (Å²) in [5.41, 5.74) is -0.381. The van der Waals surface area contributed by atoms with E-state index in [1.807, 2.05) is 0 Å². The Hall–Kier alpha value is -1.97. The second-order valence-corrected chi connectivity index (χ2v) is 2.97. The summed E-state index contributed by atoms with van der Waals surface area (Å²) in [4.78, 5) is 11.4. The van der Waals surface area contributed by atoms with E-state index in [1.54, 1.807) is 25.3 Å². The highest BCUT2D eigenvalue weighted by Gasteiger charge is 2.10. The summed E-state index contributed by atoms with van der Waals surface area (Å²) in [6.45, 7) is 0. The molecule has 0 bridgehead atoms. The van der Waals surface area contributed by atoms with Crippen molar-refractivity contribution in [2.45, 2.75) is 0 Å². The molecule has 2 aromatic rings. The van der Waals surface area contributed by atoms with Gasteiger partial charge >= 0.3 is 5.63 Å². The lowest BCUT2D eigenvalue weighted by molar-refractivity contribution is 0.358. The first-order valence-electron chi connectivity index (χ1n) is 4.40. The van der Waals surface area contributed by atoms with Crippen molar-refractivity contribution in [3.63, 3.8) is 0 Å². The van der Waals surface area contributed by atoms with Gasteiger partial charge in [0.15, 0.2) is 11.5 Å². The zero-order chi connectivity index (χ0) is 10.8. The minimum Gasteiger partial charge on any atom is -0.493 e. The summed E-state index contributed by atoms with van der Waals surface area (Å²) in [5.74, 6) is 1.14. The van der Waals surface area contributed by atoms with Crippen LogP contribution in [0.4, 0.5) is 0 Å². The van der Waals surface area contributed by atoms with Crippen LogP contribution in [0.1, 0.15) is 0 Å². The van der Waals surface area contributed by atoms with E-state index >= 15 is 0 Å². The molecule has 4 heteroatoms. The first-order chi connectivity index (χ1) is 7.27. The summed E-state index contributed by atoms with van der Waals surface area (Å²) in [5, 5.41) is 1.17. The van der Waals surface area contributed by atoms with Crippen LogP contribution in [0.25, 0.3) is 10.8 Å². The molecule has 0 saturated carbocycles. The largest absolute Gasteiger partial charge is 0.493 e. The van der Waals surface area contributed by atoms with Gasteiger partial charge in [0.05, 0.1) is 25.9 Å². The van der Waals surface area contributed by atoms with Gasteiger partial charge in [0.25, 0.3) is 0 Å². The van der Waals surface area contributed by atoms with Crippen LogP contribution in [0.5, 0.6) is 11.5 Å². The molecule has 0 unspecified atom stereocenters. The minimum absolute atomic E-state index is 0.381. The maximum absolute atomic E-state index is 11.4. The van der Waals surface area contributed by atoms with Crippen molar-refractivity contribution in [2.75, 3.05) is 14.2 Å². The van der Waals surface area contributed by atoms with Crippen LogP contribution in [0, 0.1) is 0 Å². The fourth-order valence-corrected chi connectivity index (χ4v) is 1.52. The summed E-state index contributed by atoms with van der Waals surface area (Å²) in [7, 11) is 3.08. The highest BCUT2D eigenvalue weighted by Crippen LogP contribution is 2.33. The van der Waals surface area contributed by atoms with Crippen molar-refractivity contribution in [1.29, 1.82) is 0 Å². The van der Waals surface area contributed by atoms with E-state index in [0.29, 0.717) is 22.3 Å². The lowest BCUT2D eigenvalue weighted by Gasteiger charge is -2.09. The Labute approximate surface area is 86.0 Å². The predicted octanol–water partition coefficient (Wildman–Crippen LogP) is 1.81. The summed E-state index contributed by atoms with van der Waals surface area (Å²) in [6.07, 6.45) is 1.34. The number of rotatable bonds is 2. The van der Waals surface area contributed by atoms with Gasteiger partial charge in [-0.25, -0.2) is 4.79 Å². The van der Waals surface area contributed by atoms with Crippen LogP contribution < -0.4 is 15.1 Å². The molecule has 1 heterocycles. The molecule has 0 amide bonds. The molecule has 0 aliphatic heterocycles. The monoisotopic (exact) mass is 206 g/mol. The Morgan fingerprint density at radius 3 is 2.53 bits per heavy atom. The summed E-state index contributed by atoms with van der Waals surface area (Å²) in [6, 6.07) is 5.01. The van der Waals surface area contributed by atoms with Gasteiger partial charge in [-0.15, -0.1) is 0 Å². The van der Waals surface area contributed by atoms with Crippen molar-refractivity contribution in [1.82, 2.24) is 0 Å². The molecular formula is C11H10O4. The van der Waals surface area contributed by atoms with Crippen molar-refractivity contribution in [2.24, 2.45) is 0 Å². The number of hydrogen-bond donors (Lipinski definition) is 0. The Kier molecular flexibility index (Phi) is 2.33. The average molecular weight is 206 g/mol. The van der Waals surface area contributed by atoms with E-state index in [4.69, 9.17) is 13.9 Å². The Morgan fingerprint density at radius 2 is 1.87 bits per heavy atom. The third-order valence-electron chi connectivity index (χ3n) is 2.21. The van der Waals surface area contributed by atoms with E-state index in [1.165, 1.54) is 13.4 Å². The van der Waals surface area contributed by atoms with E-state index in [0.717, 1.165) is 0 Å². The van der Waals surface area contributed by atoms with Gasteiger partial charge in [0.2, 0.25) is 0 Å². The Morgan fingerprint density at radius 1 is 1.07 bits per heavy atom.